The van der Waals surface area contributed by atoms with Crippen LogP contribution in [-0.4, -0.2) is 25.8 Å². The fourth-order valence-corrected chi connectivity index (χ4v) is 4.72. The zero-order valence-electron chi connectivity index (χ0n) is 20.5. The summed E-state index contributed by atoms with van der Waals surface area (Å²) >= 11 is 1.71. The van der Waals surface area contributed by atoms with Crippen LogP contribution in [0.1, 0.15) is 73.3 Å². The first-order valence-corrected chi connectivity index (χ1v) is 12.9. The highest BCUT2D eigenvalue weighted by molar-refractivity contribution is 7.22. The van der Waals surface area contributed by atoms with Crippen molar-refractivity contribution in [2.75, 3.05) is 5.32 Å². The van der Waals surface area contributed by atoms with Crippen LogP contribution in [0.5, 0.6) is 0 Å². The second-order valence-electron chi connectivity index (χ2n) is 7.64. The Balaban J connectivity index is 0.000000671. The van der Waals surface area contributed by atoms with Crippen LogP contribution in [0, 0.1) is 5.92 Å². The van der Waals surface area contributed by atoms with Gasteiger partial charge in [-0.1, -0.05) is 103 Å². The summed E-state index contributed by atoms with van der Waals surface area (Å²) in [5.74, 6) is 0.552. The molecule has 6 heteroatoms. The molecule has 5 nitrogen and oxygen atoms in total. The number of benzene rings is 1. The summed E-state index contributed by atoms with van der Waals surface area (Å²) in [5.41, 5.74) is 2.39. The van der Waals surface area contributed by atoms with Gasteiger partial charge in [0.25, 0.3) is 0 Å². The van der Waals surface area contributed by atoms with Gasteiger partial charge < -0.3 is 5.32 Å². The minimum Gasteiger partial charge on any atom is -0.355 e. The lowest BCUT2D eigenvalue weighted by Gasteiger charge is -2.29. The summed E-state index contributed by atoms with van der Waals surface area (Å²) in [6, 6.07) is 8.79. The van der Waals surface area contributed by atoms with Gasteiger partial charge in [-0.15, -0.1) is 0 Å². The van der Waals surface area contributed by atoms with Crippen LogP contribution in [0.3, 0.4) is 0 Å². The first-order valence-electron chi connectivity index (χ1n) is 12.0. The minimum absolute atomic E-state index is 0.252. The third-order valence-corrected chi connectivity index (χ3v) is 6.26. The number of nitrogens with zero attached hydrogens (tertiary/aromatic N) is 4. The van der Waals surface area contributed by atoms with Gasteiger partial charge in [0.15, 0.2) is 5.13 Å². The quantitative estimate of drug-likeness (QED) is 0.399. The maximum atomic E-state index is 4.69. The van der Waals surface area contributed by atoms with Gasteiger partial charge in [-0.3, -0.25) is 0 Å². The number of allylic oxidation sites excluding steroid dienone is 2. The summed E-state index contributed by atoms with van der Waals surface area (Å²) < 4.78 is 3.23. The smallest absolute Gasteiger partial charge is 0.184 e. The number of hydrogen-bond donors (Lipinski definition) is 1. The van der Waals surface area contributed by atoms with Crippen molar-refractivity contribution in [1.29, 1.82) is 0 Å². The number of hydrogen-bond acceptors (Lipinski definition) is 5. The highest BCUT2D eigenvalue weighted by Gasteiger charge is 2.25. The number of nitrogens with one attached hydrogen (secondary N) is 1. The molecular weight excluding hydrogens is 414 g/mol. The van der Waals surface area contributed by atoms with Crippen molar-refractivity contribution in [3.63, 3.8) is 0 Å². The molecule has 2 heterocycles. The van der Waals surface area contributed by atoms with E-state index >= 15 is 0 Å². The Morgan fingerprint density at radius 2 is 1.84 bits per heavy atom. The lowest BCUT2D eigenvalue weighted by molar-refractivity contribution is 0.330. The largest absolute Gasteiger partial charge is 0.355 e. The van der Waals surface area contributed by atoms with Gasteiger partial charge >= 0.3 is 0 Å². The molecular formula is C26H39N5S. The first kappa shape index (κ1) is 25.8. The van der Waals surface area contributed by atoms with Crippen LogP contribution in [-0.2, 0) is 0 Å². The summed E-state index contributed by atoms with van der Waals surface area (Å²) in [4.78, 5) is 8.85. The lowest BCUT2D eigenvalue weighted by atomic mass is 9.86. The average Bonchev–Trinajstić information content (AvgIpc) is 3.49. The van der Waals surface area contributed by atoms with Crippen LogP contribution in [0.25, 0.3) is 10.2 Å². The molecule has 1 aliphatic carbocycles. The molecule has 3 aromatic rings. The number of anilines is 1. The van der Waals surface area contributed by atoms with Crippen LogP contribution < -0.4 is 5.32 Å². The van der Waals surface area contributed by atoms with Crippen molar-refractivity contribution < 1.29 is 0 Å². The molecule has 0 bridgehead atoms. The number of thiazole rings is 1. The van der Waals surface area contributed by atoms with E-state index in [-0.39, 0.29) is 12.1 Å². The monoisotopic (exact) mass is 453 g/mol. The van der Waals surface area contributed by atoms with E-state index in [2.05, 4.69) is 84.5 Å². The molecule has 2 atom stereocenters. The van der Waals surface area contributed by atoms with E-state index in [9.17, 15) is 0 Å². The van der Waals surface area contributed by atoms with E-state index in [1.54, 1.807) is 17.7 Å². The highest BCUT2D eigenvalue weighted by atomic mass is 32.1. The van der Waals surface area contributed by atoms with Crippen LogP contribution in [0.2, 0.25) is 0 Å². The molecule has 4 rings (SSSR count). The van der Waals surface area contributed by atoms with Crippen molar-refractivity contribution in [2.45, 2.75) is 79.3 Å². The Morgan fingerprint density at radius 3 is 2.41 bits per heavy atom. The van der Waals surface area contributed by atoms with Crippen molar-refractivity contribution in [3.05, 3.63) is 60.7 Å². The van der Waals surface area contributed by atoms with E-state index in [0.29, 0.717) is 5.92 Å². The topological polar surface area (TPSA) is 55.6 Å². The molecule has 2 aromatic heterocycles. The minimum atomic E-state index is 0.252. The van der Waals surface area contributed by atoms with Crippen LogP contribution >= 0.6 is 11.3 Å². The Hall–Kier alpha value is -2.47. The molecule has 2 unspecified atom stereocenters. The molecule has 0 saturated heterocycles. The predicted octanol–water partition coefficient (Wildman–Crippen LogP) is 7.67. The Morgan fingerprint density at radius 1 is 1.12 bits per heavy atom. The van der Waals surface area contributed by atoms with Crippen molar-refractivity contribution in [3.8, 4) is 0 Å². The van der Waals surface area contributed by atoms with E-state index in [1.165, 1.54) is 16.7 Å². The molecule has 0 fully saturated rings. The summed E-state index contributed by atoms with van der Waals surface area (Å²) in [6.45, 7) is 12.8. The first-order chi connectivity index (χ1) is 15.7. The van der Waals surface area contributed by atoms with Crippen molar-refractivity contribution in [2.24, 2.45) is 5.92 Å². The lowest BCUT2D eigenvalue weighted by Crippen LogP contribution is -2.24. The van der Waals surface area contributed by atoms with Crippen LogP contribution in [0.4, 0.5) is 5.13 Å². The fourth-order valence-electron chi connectivity index (χ4n) is 3.79. The molecule has 0 spiro atoms. The normalized spacial score (nSPS) is 16.0. The zero-order valence-corrected chi connectivity index (χ0v) is 21.3. The molecule has 0 aliphatic heterocycles. The average molecular weight is 454 g/mol. The summed E-state index contributed by atoms with van der Waals surface area (Å²) in [6.07, 6.45) is 14.8. The molecule has 0 amide bonds. The number of aromatic nitrogens is 4. The van der Waals surface area contributed by atoms with E-state index < -0.39 is 0 Å². The van der Waals surface area contributed by atoms with Gasteiger partial charge in [-0.05, 0) is 30.0 Å². The van der Waals surface area contributed by atoms with Gasteiger partial charge in [0.05, 0.1) is 22.3 Å². The second-order valence-corrected chi connectivity index (χ2v) is 8.67. The number of fused-ring (bicyclic) bond motifs is 1. The summed E-state index contributed by atoms with van der Waals surface area (Å²) in [5, 5.41) is 8.97. The molecule has 32 heavy (non-hydrogen) atoms. The van der Waals surface area contributed by atoms with Gasteiger partial charge in [0.2, 0.25) is 0 Å². The molecule has 1 N–H and O–H groups in total. The maximum Gasteiger partial charge on any atom is 0.184 e. The van der Waals surface area contributed by atoms with E-state index in [1.807, 2.05) is 30.9 Å². The molecule has 1 aromatic carbocycles. The van der Waals surface area contributed by atoms with Gasteiger partial charge in [0, 0.05) is 0 Å². The Bertz CT molecular complexity index is 921. The number of rotatable bonds is 7. The van der Waals surface area contributed by atoms with E-state index in [4.69, 9.17) is 0 Å². The maximum absolute atomic E-state index is 4.69. The zero-order chi connectivity index (χ0) is 23.3. The standard InChI is InChI=1S/C21H25N5S.C3H8.C2H6/c1-3-15(4-2)20(26-14-22-13-23-26)16-9-11-17(12-10-16)24-21-25-18-7-5-6-8-19(18)27-21;1-3-2;1-2/h5-11,13-15,17,20H,3-4,12H2,1-2H3,(H,24,25);3H2,1-2H3;1-2H3. The third-order valence-electron chi connectivity index (χ3n) is 5.29. The van der Waals surface area contributed by atoms with E-state index in [0.717, 1.165) is 29.9 Å². The molecule has 0 saturated carbocycles. The second kappa shape index (κ2) is 13.8. The van der Waals surface area contributed by atoms with Gasteiger partial charge in [0.1, 0.15) is 12.7 Å². The number of para-hydroxylation sites is 1. The molecule has 1 aliphatic rings. The molecule has 0 radical (unpaired) electrons. The predicted molar refractivity (Wildman–Crippen MR) is 139 cm³/mol. The van der Waals surface area contributed by atoms with Crippen LogP contribution in [0.15, 0.2) is 60.7 Å². The summed E-state index contributed by atoms with van der Waals surface area (Å²) in [7, 11) is 0. The Labute approximate surface area is 197 Å². The fraction of sp³-hybridized carbons (Fsp3) is 0.500. The highest BCUT2D eigenvalue weighted by Crippen LogP contribution is 2.34. The van der Waals surface area contributed by atoms with Crippen molar-refractivity contribution in [1.82, 2.24) is 19.7 Å². The van der Waals surface area contributed by atoms with Gasteiger partial charge in [-0.25, -0.2) is 14.6 Å². The van der Waals surface area contributed by atoms with Crippen molar-refractivity contribution >= 4 is 26.7 Å². The third kappa shape index (κ3) is 6.76. The Kier molecular flexibility index (Phi) is 11.2. The SMILES string of the molecule is CC.CCC.CCC(CC)C(C1=CCC(Nc2nc3ccccc3s2)C=C1)n1cncn1. The van der Waals surface area contributed by atoms with Gasteiger partial charge in [-0.2, -0.15) is 5.10 Å². The molecule has 174 valence electrons.